The Hall–Kier alpha value is -0.820. The fourth-order valence-corrected chi connectivity index (χ4v) is 2.25. The fourth-order valence-electron chi connectivity index (χ4n) is 2.25. The molecule has 1 fully saturated rings. The van der Waals surface area contributed by atoms with E-state index in [1.54, 1.807) is 4.90 Å². The number of hydrogen-bond donors (Lipinski definition) is 2. The van der Waals surface area contributed by atoms with Crippen molar-refractivity contribution in [3.63, 3.8) is 0 Å². The molecule has 1 heterocycles. The van der Waals surface area contributed by atoms with Crippen LogP contribution in [0.4, 0.5) is 13.2 Å². The Kier molecular flexibility index (Phi) is 6.06. The summed E-state index contributed by atoms with van der Waals surface area (Å²) >= 11 is 0. The molecule has 0 aromatic heterocycles. The Morgan fingerprint density at radius 3 is 2.16 bits per heavy atom. The van der Waals surface area contributed by atoms with Crippen molar-refractivity contribution in [3.8, 4) is 0 Å². The normalized spacial score (nSPS) is 17.9. The standard InChI is InChI=1S/C12H15F3N2O.ClH/c13-8-5-9(14)12(10(15)6-8)11(7-18)17-3-1-16-2-4-17;/h5-6,11,16,18H,1-4,7H2;1H/t11-;/m0./s1. The van der Waals surface area contributed by atoms with Crippen molar-refractivity contribution in [2.45, 2.75) is 6.04 Å². The first kappa shape index (κ1) is 16.2. The van der Waals surface area contributed by atoms with Gasteiger partial charge in [-0.3, -0.25) is 4.90 Å². The summed E-state index contributed by atoms with van der Waals surface area (Å²) < 4.78 is 40.2. The Labute approximate surface area is 115 Å². The van der Waals surface area contributed by atoms with Crippen LogP contribution in [0, 0.1) is 17.5 Å². The lowest BCUT2D eigenvalue weighted by Gasteiger charge is -2.34. The average Bonchev–Trinajstić information content (AvgIpc) is 2.34. The third kappa shape index (κ3) is 3.60. The Morgan fingerprint density at radius 2 is 1.68 bits per heavy atom. The number of hydrogen-bond acceptors (Lipinski definition) is 3. The average molecular weight is 297 g/mol. The molecule has 1 aromatic carbocycles. The zero-order valence-corrected chi connectivity index (χ0v) is 11.0. The van der Waals surface area contributed by atoms with Crippen molar-refractivity contribution >= 4 is 12.4 Å². The molecule has 0 spiro atoms. The van der Waals surface area contributed by atoms with Crippen LogP contribution < -0.4 is 5.32 Å². The molecule has 2 N–H and O–H groups in total. The van der Waals surface area contributed by atoms with E-state index in [-0.39, 0.29) is 18.0 Å². The van der Waals surface area contributed by atoms with Crippen molar-refractivity contribution in [2.24, 2.45) is 0 Å². The molecule has 0 radical (unpaired) electrons. The number of aliphatic hydroxyl groups excluding tert-OH is 1. The number of piperazine rings is 1. The summed E-state index contributed by atoms with van der Waals surface area (Å²) in [7, 11) is 0. The molecule has 2 rings (SSSR count). The molecule has 0 bridgehead atoms. The van der Waals surface area contributed by atoms with Crippen LogP contribution in [0.15, 0.2) is 12.1 Å². The number of rotatable bonds is 3. The molecule has 19 heavy (non-hydrogen) atoms. The van der Waals surface area contributed by atoms with Crippen LogP contribution in [-0.4, -0.2) is 42.8 Å². The molecular formula is C12H16ClF3N2O. The largest absolute Gasteiger partial charge is 0.394 e. The molecule has 1 aliphatic heterocycles. The molecule has 7 heteroatoms. The summed E-state index contributed by atoms with van der Waals surface area (Å²) in [5.74, 6) is -2.86. The lowest BCUT2D eigenvalue weighted by molar-refractivity contribution is 0.105. The summed E-state index contributed by atoms with van der Waals surface area (Å²) in [5, 5.41) is 12.5. The monoisotopic (exact) mass is 296 g/mol. The highest BCUT2D eigenvalue weighted by molar-refractivity contribution is 5.85. The summed E-state index contributed by atoms with van der Waals surface area (Å²) in [6.45, 7) is 2.16. The van der Waals surface area contributed by atoms with E-state index in [0.29, 0.717) is 38.3 Å². The van der Waals surface area contributed by atoms with Crippen LogP contribution in [0.3, 0.4) is 0 Å². The third-order valence-corrected chi connectivity index (χ3v) is 3.14. The van der Waals surface area contributed by atoms with Crippen LogP contribution in [-0.2, 0) is 0 Å². The van der Waals surface area contributed by atoms with Gasteiger partial charge in [-0.25, -0.2) is 13.2 Å². The smallest absolute Gasteiger partial charge is 0.133 e. The SMILES string of the molecule is Cl.OC[C@@H](c1c(F)cc(F)cc1F)N1CCNCC1. The van der Waals surface area contributed by atoms with E-state index in [0.717, 1.165) is 0 Å². The molecule has 3 nitrogen and oxygen atoms in total. The highest BCUT2D eigenvalue weighted by atomic mass is 35.5. The van der Waals surface area contributed by atoms with Gasteiger partial charge >= 0.3 is 0 Å². The number of nitrogens with one attached hydrogen (secondary N) is 1. The van der Waals surface area contributed by atoms with Crippen molar-refractivity contribution in [3.05, 3.63) is 35.1 Å². The first-order chi connectivity index (χ1) is 8.63. The Bertz CT molecular complexity index is 404. The predicted molar refractivity (Wildman–Crippen MR) is 67.8 cm³/mol. The van der Waals surface area contributed by atoms with Gasteiger partial charge in [0, 0.05) is 43.9 Å². The van der Waals surface area contributed by atoms with E-state index in [1.807, 2.05) is 0 Å². The summed E-state index contributed by atoms with van der Waals surface area (Å²) in [6.07, 6.45) is 0. The van der Waals surface area contributed by atoms with Gasteiger partial charge in [-0.1, -0.05) is 0 Å². The number of nitrogens with zero attached hydrogens (tertiary/aromatic N) is 1. The fraction of sp³-hybridized carbons (Fsp3) is 0.500. The minimum Gasteiger partial charge on any atom is -0.394 e. The highest BCUT2D eigenvalue weighted by Crippen LogP contribution is 2.26. The molecule has 1 aromatic rings. The minimum atomic E-state index is -0.954. The van der Waals surface area contributed by atoms with Gasteiger partial charge in [0.2, 0.25) is 0 Å². The van der Waals surface area contributed by atoms with Crippen LogP contribution in [0.1, 0.15) is 11.6 Å². The minimum absolute atomic E-state index is 0. The molecule has 0 unspecified atom stereocenters. The third-order valence-electron chi connectivity index (χ3n) is 3.14. The van der Waals surface area contributed by atoms with Gasteiger partial charge in [0.05, 0.1) is 12.6 Å². The molecular weight excluding hydrogens is 281 g/mol. The van der Waals surface area contributed by atoms with Crippen LogP contribution >= 0.6 is 12.4 Å². The molecule has 108 valence electrons. The molecule has 0 saturated carbocycles. The second-order valence-electron chi connectivity index (χ2n) is 4.27. The lowest BCUT2D eigenvalue weighted by atomic mass is 10.0. The summed E-state index contributed by atoms with van der Waals surface area (Å²) in [5.41, 5.74) is -0.263. The maximum Gasteiger partial charge on any atom is 0.133 e. The lowest BCUT2D eigenvalue weighted by Crippen LogP contribution is -2.46. The molecule has 0 amide bonds. The van der Waals surface area contributed by atoms with Crippen LogP contribution in [0.2, 0.25) is 0 Å². The van der Waals surface area contributed by atoms with Crippen LogP contribution in [0.25, 0.3) is 0 Å². The number of halogens is 4. The predicted octanol–water partition coefficient (Wildman–Crippen LogP) is 1.46. The zero-order chi connectivity index (χ0) is 13.1. The second-order valence-corrected chi connectivity index (χ2v) is 4.27. The van der Waals surface area contributed by atoms with E-state index in [1.165, 1.54) is 0 Å². The number of aliphatic hydroxyl groups is 1. The zero-order valence-electron chi connectivity index (χ0n) is 10.2. The van der Waals surface area contributed by atoms with E-state index in [2.05, 4.69) is 5.32 Å². The first-order valence-electron chi connectivity index (χ1n) is 5.83. The maximum atomic E-state index is 13.7. The highest BCUT2D eigenvalue weighted by Gasteiger charge is 2.27. The van der Waals surface area contributed by atoms with Gasteiger partial charge in [-0.15, -0.1) is 12.4 Å². The molecule has 1 aliphatic rings. The Balaban J connectivity index is 0.00000180. The molecule has 1 saturated heterocycles. The summed E-state index contributed by atoms with van der Waals surface area (Å²) in [4.78, 5) is 1.79. The van der Waals surface area contributed by atoms with E-state index >= 15 is 0 Å². The first-order valence-corrected chi connectivity index (χ1v) is 5.83. The van der Waals surface area contributed by atoms with Gasteiger partial charge in [0.25, 0.3) is 0 Å². The van der Waals surface area contributed by atoms with Crippen molar-refractivity contribution in [1.82, 2.24) is 10.2 Å². The topological polar surface area (TPSA) is 35.5 Å². The maximum absolute atomic E-state index is 13.7. The van der Waals surface area contributed by atoms with E-state index < -0.39 is 30.1 Å². The van der Waals surface area contributed by atoms with Gasteiger partial charge in [-0.2, -0.15) is 0 Å². The van der Waals surface area contributed by atoms with Crippen molar-refractivity contribution < 1.29 is 18.3 Å². The second kappa shape index (κ2) is 7.09. The van der Waals surface area contributed by atoms with E-state index in [9.17, 15) is 18.3 Å². The van der Waals surface area contributed by atoms with Gasteiger partial charge in [0.1, 0.15) is 17.5 Å². The van der Waals surface area contributed by atoms with Gasteiger partial charge in [0.15, 0.2) is 0 Å². The van der Waals surface area contributed by atoms with Crippen molar-refractivity contribution in [2.75, 3.05) is 32.8 Å². The summed E-state index contributed by atoms with van der Waals surface area (Å²) in [6, 6.07) is 0.514. The number of benzene rings is 1. The van der Waals surface area contributed by atoms with Crippen molar-refractivity contribution in [1.29, 1.82) is 0 Å². The van der Waals surface area contributed by atoms with Gasteiger partial charge < -0.3 is 10.4 Å². The Morgan fingerprint density at radius 1 is 1.16 bits per heavy atom. The van der Waals surface area contributed by atoms with Crippen LogP contribution in [0.5, 0.6) is 0 Å². The molecule has 1 atom stereocenters. The quantitative estimate of drug-likeness (QED) is 0.886. The van der Waals surface area contributed by atoms with E-state index in [4.69, 9.17) is 0 Å². The molecule has 0 aliphatic carbocycles. The van der Waals surface area contributed by atoms with Gasteiger partial charge in [-0.05, 0) is 0 Å².